The molecule has 2 heterocycles. The van der Waals surface area contributed by atoms with Gasteiger partial charge in [0.1, 0.15) is 5.65 Å². The Morgan fingerprint density at radius 1 is 0.971 bits per heavy atom. The third-order valence-corrected chi connectivity index (χ3v) is 7.25. The van der Waals surface area contributed by atoms with E-state index in [0.29, 0.717) is 5.69 Å². The minimum absolute atomic E-state index is 0.0344. The smallest absolute Gasteiger partial charge is 0.321 e. The molecule has 0 spiro atoms. The van der Waals surface area contributed by atoms with Gasteiger partial charge in [-0.25, -0.2) is 18.2 Å². The van der Waals surface area contributed by atoms with Crippen molar-refractivity contribution in [1.82, 2.24) is 14.1 Å². The second-order valence-electron chi connectivity index (χ2n) is 7.59. The zero-order valence-electron chi connectivity index (χ0n) is 18.6. The molecule has 0 unspecified atom stereocenters. The van der Waals surface area contributed by atoms with Gasteiger partial charge in [-0.3, -0.25) is 23.0 Å². The lowest BCUT2D eigenvalue weighted by Crippen LogP contribution is -2.37. The number of amides is 1. The van der Waals surface area contributed by atoms with Crippen molar-refractivity contribution in [3.05, 3.63) is 93.3 Å². The molecular weight excluding hydrogens is 458 g/mol. The maximum Gasteiger partial charge on any atom is 0.332 e. The van der Waals surface area contributed by atoms with Gasteiger partial charge in [0.25, 0.3) is 21.5 Å². The Kier molecular flexibility index (Phi) is 5.80. The first-order valence-corrected chi connectivity index (χ1v) is 11.6. The SMILES string of the molecule is CN(c1ccccc1)S(=O)(=O)c1ccc(C(=O)Nc2cnc3c(c2)c(=O)n(C)c(=O)n3C)cc1. The lowest BCUT2D eigenvalue weighted by Gasteiger charge is -2.19. The molecule has 4 aromatic rings. The summed E-state index contributed by atoms with van der Waals surface area (Å²) in [5.74, 6) is -0.511. The predicted molar refractivity (Wildman–Crippen MR) is 129 cm³/mol. The molecule has 11 heteroatoms. The van der Waals surface area contributed by atoms with E-state index in [-0.39, 0.29) is 27.2 Å². The molecule has 34 heavy (non-hydrogen) atoms. The Balaban J connectivity index is 1.58. The molecule has 2 aromatic heterocycles. The number of carbonyl (C=O) groups is 1. The zero-order valence-corrected chi connectivity index (χ0v) is 19.4. The second kappa shape index (κ2) is 8.60. The van der Waals surface area contributed by atoms with Crippen LogP contribution in [0, 0.1) is 0 Å². The van der Waals surface area contributed by atoms with E-state index in [0.717, 1.165) is 8.87 Å². The predicted octanol–water partition coefficient (Wildman–Crippen LogP) is 1.71. The Bertz CT molecular complexity index is 1630. The Hall–Kier alpha value is -4.25. The van der Waals surface area contributed by atoms with E-state index in [4.69, 9.17) is 0 Å². The van der Waals surface area contributed by atoms with Gasteiger partial charge in [0.05, 0.1) is 27.9 Å². The van der Waals surface area contributed by atoms with Crippen LogP contribution in [0.4, 0.5) is 11.4 Å². The molecule has 0 aliphatic rings. The van der Waals surface area contributed by atoms with Gasteiger partial charge < -0.3 is 5.32 Å². The molecule has 4 rings (SSSR count). The first-order valence-electron chi connectivity index (χ1n) is 10.1. The van der Waals surface area contributed by atoms with Gasteiger partial charge in [0.2, 0.25) is 0 Å². The van der Waals surface area contributed by atoms with Crippen LogP contribution in [0.3, 0.4) is 0 Å². The molecule has 0 saturated carbocycles. The molecule has 0 fully saturated rings. The van der Waals surface area contributed by atoms with Crippen molar-refractivity contribution in [1.29, 1.82) is 0 Å². The molecule has 0 atom stereocenters. The number of nitrogens with one attached hydrogen (secondary N) is 1. The largest absolute Gasteiger partial charge is 0.332 e. The number of hydrogen-bond donors (Lipinski definition) is 1. The van der Waals surface area contributed by atoms with Gasteiger partial charge in [-0.1, -0.05) is 18.2 Å². The molecule has 0 radical (unpaired) electrons. The number of rotatable bonds is 5. The van der Waals surface area contributed by atoms with E-state index in [1.807, 2.05) is 0 Å². The monoisotopic (exact) mass is 479 g/mol. The van der Waals surface area contributed by atoms with Crippen LogP contribution in [0.5, 0.6) is 0 Å². The fourth-order valence-electron chi connectivity index (χ4n) is 3.45. The first-order chi connectivity index (χ1) is 16.1. The second-order valence-corrected chi connectivity index (χ2v) is 9.56. The van der Waals surface area contributed by atoms with Crippen LogP contribution >= 0.6 is 0 Å². The van der Waals surface area contributed by atoms with Crippen molar-refractivity contribution >= 4 is 38.3 Å². The first kappa shape index (κ1) is 22.9. The summed E-state index contributed by atoms with van der Waals surface area (Å²) < 4.78 is 29.2. The van der Waals surface area contributed by atoms with Crippen molar-refractivity contribution in [2.45, 2.75) is 4.90 Å². The average Bonchev–Trinajstić information content (AvgIpc) is 2.86. The summed E-state index contributed by atoms with van der Waals surface area (Å²) in [6.07, 6.45) is 1.34. The Morgan fingerprint density at radius 2 is 1.62 bits per heavy atom. The number of aryl methyl sites for hydroxylation is 1. The molecule has 0 bridgehead atoms. The highest BCUT2D eigenvalue weighted by Crippen LogP contribution is 2.22. The van der Waals surface area contributed by atoms with Crippen LogP contribution in [0.1, 0.15) is 10.4 Å². The number of para-hydroxylation sites is 1. The average molecular weight is 480 g/mol. The van der Waals surface area contributed by atoms with E-state index >= 15 is 0 Å². The molecule has 1 amide bonds. The van der Waals surface area contributed by atoms with E-state index in [2.05, 4.69) is 10.3 Å². The number of benzene rings is 2. The highest BCUT2D eigenvalue weighted by Gasteiger charge is 2.21. The van der Waals surface area contributed by atoms with Crippen LogP contribution in [0.2, 0.25) is 0 Å². The summed E-state index contributed by atoms with van der Waals surface area (Å²) >= 11 is 0. The molecule has 0 aliphatic heterocycles. The summed E-state index contributed by atoms with van der Waals surface area (Å²) in [6, 6.07) is 15.6. The Morgan fingerprint density at radius 3 is 2.26 bits per heavy atom. The van der Waals surface area contributed by atoms with Crippen molar-refractivity contribution < 1.29 is 13.2 Å². The van der Waals surface area contributed by atoms with Gasteiger partial charge in [-0.15, -0.1) is 0 Å². The van der Waals surface area contributed by atoms with Crippen molar-refractivity contribution in [3.8, 4) is 0 Å². The van der Waals surface area contributed by atoms with Gasteiger partial charge in [-0.05, 0) is 42.5 Å². The summed E-state index contributed by atoms with van der Waals surface area (Å²) in [5, 5.41) is 2.81. The minimum atomic E-state index is -3.81. The summed E-state index contributed by atoms with van der Waals surface area (Å²) in [6.45, 7) is 0. The minimum Gasteiger partial charge on any atom is -0.321 e. The number of nitrogens with zero attached hydrogens (tertiary/aromatic N) is 4. The maximum absolute atomic E-state index is 12.9. The van der Waals surface area contributed by atoms with Crippen LogP contribution in [0.15, 0.2) is 81.3 Å². The molecule has 2 aromatic carbocycles. The normalized spacial score (nSPS) is 11.4. The Labute approximate surface area is 194 Å². The van der Waals surface area contributed by atoms with Crippen LogP contribution in [0.25, 0.3) is 11.0 Å². The van der Waals surface area contributed by atoms with Crippen molar-refractivity contribution in [2.24, 2.45) is 14.1 Å². The number of fused-ring (bicyclic) bond motifs is 1. The fraction of sp³-hybridized carbons (Fsp3) is 0.130. The lowest BCUT2D eigenvalue weighted by atomic mass is 10.2. The van der Waals surface area contributed by atoms with Crippen LogP contribution in [-0.2, 0) is 24.1 Å². The highest BCUT2D eigenvalue weighted by atomic mass is 32.2. The highest BCUT2D eigenvalue weighted by molar-refractivity contribution is 7.92. The molecule has 1 N–H and O–H groups in total. The number of sulfonamides is 1. The quantitative estimate of drug-likeness (QED) is 0.465. The van der Waals surface area contributed by atoms with E-state index in [9.17, 15) is 22.8 Å². The van der Waals surface area contributed by atoms with E-state index in [1.54, 1.807) is 30.3 Å². The van der Waals surface area contributed by atoms with Gasteiger partial charge >= 0.3 is 5.69 Å². The number of hydrogen-bond acceptors (Lipinski definition) is 6. The van der Waals surface area contributed by atoms with Crippen molar-refractivity contribution in [2.75, 3.05) is 16.7 Å². The lowest BCUT2D eigenvalue weighted by molar-refractivity contribution is 0.102. The fourth-order valence-corrected chi connectivity index (χ4v) is 4.65. The standard InChI is InChI=1S/C23H21N5O5S/c1-26-20-19(22(30)27(2)23(26)31)13-16(14-24-20)25-21(29)15-9-11-18(12-10-15)34(32,33)28(3)17-7-5-4-6-8-17/h4-14H,1-3H3,(H,25,29). The molecule has 174 valence electrons. The number of anilines is 2. The van der Waals surface area contributed by atoms with Gasteiger partial charge in [0.15, 0.2) is 0 Å². The van der Waals surface area contributed by atoms with Crippen LogP contribution in [-0.4, -0.2) is 35.5 Å². The summed E-state index contributed by atoms with van der Waals surface area (Å²) in [5.41, 5.74) is 0.150. The molecule has 10 nitrogen and oxygen atoms in total. The summed E-state index contributed by atoms with van der Waals surface area (Å²) in [7, 11) is 0.510. The van der Waals surface area contributed by atoms with E-state index in [1.165, 1.54) is 62.2 Å². The van der Waals surface area contributed by atoms with Crippen LogP contribution < -0.4 is 20.9 Å². The topological polar surface area (TPSA) is 123 Å². The van der Waals surface area contributed by atoms with E-state index < -0.39 is 27.2 Å². The molecule has 0 aliphatic carbocycles. The third-order valence-electron chi connectivity index (χ3n) is 5.45. The van der Waals surface area contributed by atoms with Gasteiger partial charge in [-0.2, -0.15) is 0 Å². The summed E-state index contributed by atoms with van der Waals surface area (Å²) in [4.78, 5) is 41.3. The number of pyridine rings is 1. The third kappa shape index (κ3) is 3.97. The molecule has 0 saturated heterocycles. The van der Waals surface area contributed by atoms with Gasteiger partial charge in [0, 0.05) is 26.7 Å². The zero-order chi connectivity index (χ0) is 24.6. The number of aromatic nitrogens is 3. The number of carbonyl (C=O) groups excluding carboxylic acids is 1. The molecular formula is C23H21N5O5S. The maximum atomic E-state index is 12.9. The van der Waals surface area contributed by atoms with Crippen molar-refractivity contribution in [3.63, 3.8) is 0 Å².